The number of hydrogen-bond donors (Lipinski definition) is 0. The van der Waals surface area contributed by atoms with Gasteiger partial charge in [-0.2, -0.15) is 0 Å². The molecule has 148 valence electrons. The highest BCUT2D eigenvalue weighted by molar-refractivity contribution is 6.37. The number of fused-ring (bicyclic) bond motifs is 2. The Morgan fingerprint density at radius 1 is 0.767 bits per heavy atom. The molecule has 0 spiro atoms. The Morgan fingerprint density at radius 2 is 1.43 bits per heavy atom. The van der Waals surface area contributed by atoms with Crippen LogP contribution in [0.15, 0.2) is 60.7 Å². The summed E-state index contributed by atoms with van der Waals surface area (Å²) >= 11 is 11.8. The number of rotatable bonds is 4. The molecule has 1 aliphatic rings. The van der Waals surface area contributed by atoms with E-state index < -0.39 is 24.1 Å². The maximum Gasteiger partial charge on any atom is 0.339 e. The van der Waals surface area contributed by atoms with E-state index in [1.165, 1.54) is 42.5 Å². The first kappa shape index (κ1) is 20.0. The van der Waals surface area contributed by atoms with E-state index in [9.17, 15) is 19.2 Å². The van der Waals surface area contributed by atoms with Crippen LogP contribution in [0.3, 0.4) is 0 Å². The number of ketones is 3. The van der Waals surface area contributed by atoms with Gasteiger partial charge in [-0.1, -0.05) is 59.6 Å². The van der Waals surface area contributed by atoms with Gasteiger partial charge < -0.3 is 4.74 Å². The molecule has 5 nitrogen and oxygen atoms in total. The monoisotopic (exact) mass is 438 g/mol. The minimum absolute atomic E-state index is 0.0248. The summed E-state index contributed by atoms with van der Waals surface area (Å²) in [4.78, 5) is 50.7. The first-order valence-electron chi connectivity index (χ1n) is 8.85. The van der Waals surface area contributed by atoms with Crippen LogP contribution >= 0.6 is 23.2 Å². The average Bonchev–Trinajstić information content (AvgIpc) is 2.75. The van der Waals surface area contributed by atoms with Crippen molar-refractivity contribution in [3.63, 3.8) is 0 Å². The molecule has 0 bridgehead atoms. The molecule has 0 saturated heterocycles. The lowest BCUT2D eigenvalue weighted by atomic mass is 9.82. The van der Waals surface area contributed by atoms with E-state index in [0.717, 1.165) is 0 Å². The molecule has 0 unspecified atom stereocenters. The zero-order valence-corrected chi connectivity index (χ0v) is 16.8. The van der Waals surface area contributed by atoms with Crippen molar-refractivity contribution >= 4 is 46.5 Å². The predicted molar refractivity (Wildman–Crippen MR) is 111 cm³/mol. The van der Waals surface area contributed by atoms with Gasteiger partial charge >= 0.3 is 5.97 Å². The van der Waals surface area contributed by atoms with E-state index in [1.54, 1.807) is 18.2 Å². The third-order valence-corrected chi connectivity index (χ3v) is 5.29. The van der Waals surface area contributed by atoms with Crippen molar-refractivity contribution in [2.45, 2.75) is 0 Å². The van der Waals surface area contributed by atoms with Crippen LogP contribution in [0.4, 0.5) is 0 Å². The molecule has 7 heteroatoms. The van der Waals surface area contributed by atoms with Crippen molar-refractivity contribution < 1.29 is 23.9 Å². The zero-order chi connectivity index (χ0) is 21.4. The molecule has 30 heavy (non-hydrogen) atoms. The molecule has 0 aliphatic heterocycles. The van der Waals surface area contributed by atoms with Crippen LogP contribution in [0, 0.1) is 0 Å². The number of hydrogen-bond acceptors (Lipinski definition) is 5. The molecule has 1 aliphatic carbocycles. The minimum Gasteiger partial charge on any atom is -0.454 e. The third kappa shape index (κ3) is 3.43. The molecule has 3 aromatic carbocycles. The largest absolute Gasteiger partial charge is 0.454 e. The second-order valence-electron chi connectivity index (χ2n) is 6.56. The van der Waals surface area contributed by atoms with Crippen LogP contribution in [0.5, 0.6) is 0 Å². The van der Waals surface area contributed by atoms with Crippen LogP contribution < -0.4 is 0 Å². The van der Waals surface area contributed by atoms with E-state index in [4.69, 9.17) is 27.9 Å². The van der Waals surface area contributed by atoms with Crippen molar-refractivity contribution in [2.24, 2.45) is 0 Å². The van der Waals surface area contributed by atoms with Crippen molar-refractivity contribution in [2.75, 3.05) is 6.61 Å². The number of benzene rings is 3. The Balaban J connectivity index is 1.61. The van der Waals surface area contributed by atoms with Gasteiger partial charge in [-0.3, -0.25) is 14.4 Å². The molecule has 0 amide bonds. The quantitative estimate of drug-likeness (QED) is 0.337. The Hall–Kier alpha value is -3.28. The molecule has 0 N–H and O–H groups in total. The summed E-state index contributed by atoms with van der Waals surface area (Å²) in [5.41, 5.74) is 0.690. The topological polar surface area (TPSA) is 77.5 Å². The van der Waals surface area contributed by atoms with Crippen LogP contribution in [-0.4, -0.2) is 29.9 Å². The highest BCUT2D eigenvalue weighted by Gasteiger charge is 2.33. The number of ether oxygens (including phenoxy) is 1. The lowest BCUT2D eigenvalue weighted by Crippen LogP contribution is -2.25. The lowest BCUT2D eigenvalue weighted by molar-refractivity contribution is 0.0473. The minimum atomic E-state index is -0.884. The highest BCUT2D eigenvalue weighted by atomic mass is 35.5. The van der Waals surface area contributed by atoms with Gasteiger partial charge in [-0.25, -0.2) is 4.79 Å². The van der Waals surface area contributed by atoms with Gasteiger partial charge in [-0.05, 0) is 24.3 Å². The Morgan fingerprint density at radius 3 is 2.13 bits per heavy atom. The average molecular weight is 439 g/mol. The van der Waals surface area contributed by atoms with E-state index in [0.29, 0.717) is 5.02 Å². The van der Waals surface area contributed by atoms with Crippen LogP contribution in [0.2, 0.25) is 10.0 Å². The van der Waals surface area contributed by atoms with E-state index in [1.807, 2.05) is 0 Å². The van der Waals surface area contributed by atoms with E-state index in [2.05, 4.69) is 0 Å². The summed E-state index contributed by atoms with van der Waals surface area (Å²) in [7, 11) is 0. The van der Waals surface area contributed by atoms with Crippen LogP contribution in [-0.2, 0) is 4.74 Å². The molecule has 4 rings (SSSR count). The first-order chi connectivity index (χ1) is 14.4. The normalized spacial score (nSPS) is 12.2. The summed E-state index contributed by atoms with van der Waals surface area (Å²) in [6, 6.07) is 15.1. The second kappa shape index (κ2) is 7.86. The smallest absolute Gasteiger partial charge is 0.339 e. The summed E-state index contributed by atoms with van der Waals surface area (Å²) in [6.45, 7) is -0.581. The summed E-state index contributed by atoms with van der Waals surface area (Å²) in [5.74, 6) is -2.20. The number of halogens is 2. The number of carbonyl (C=O) groups excluding carboxylic acids is 4. The summed E-state index contributed by atoms with van der Waals surface area (Å²) in [5, 5.41) is 0.505. The maximum atomic E-state index is 13.0. The van der Waals surface area contributed by atoms with Crippen LogP contribution in [0.25, 0.3) is 0 Å². The van der Waals surface area contributed by atoms with Crippen molar-refractivity contribution in [1.82, 2.24) is 0 Å². The molecule has 0 radical (unpaired) electrons. The highest BCUT2D eigenvalue weighted by Crippen LogP contribution is 2.30. The third-order valence-electron chi connectivity index (χ3n) is 4.74. The van der Waals surface area contributed by atoms with Crippen molar-refractivity contribution in [1.29, 1.82) is 0 Å². The Kier molecular flexibility index (Phi) is 5.24. The van der Waals surface area contributed by atoms with Gasteiger partial charge in [-0.15, -0.1) is 0 Å². The summed E-state index contributed by atoms with van der Waals surface area (Å²) in [6.07, 6.45) is 0. The van der Waals surface area contributed by atoms with Gasteiger partial charge in [0.05, 0.1) is 10.6 Å². The Labute approximate surface area is 181 Å². The zero-order valence-electron chi connectivity index (χ0n) is 15.3. The molecular weight excluding hydrogens is 427 g/mol. The van der Waals surface area contributed by atoms with E-state index >= 15 is 0 Å². The number of esters is 1. The number of Topliss-reactive ketones (excluding diaryl/α,β-unsaturated/α-hetero) is 1. The van der Waals surface area contributed by atoms with Crippen LogP contribution in [0.1, 0.15) is 52.6 Å². The molecule has 0 atom stereocenters. The van der Waals surface area contributed by atoms with Gasteiger partial charge in [0, 0.05) is 32.8 Å². The molecule has 0 fully saturated rings. The molecule has 0 heterocycles. The lowest BCUT2D eigenvalue weighted by Gasteiger charge is -2.19. The standard InChI is InChI=1S/C23H12Cl2O5/c24-12-8-9-15(18(25)10-12)19(26)11-30-23(29)17-7-3-6-16-20(17)22(28)14-5-2-1-4-13(14)21(16)27/h1-10H,11H2. The first-order valence-corrected chi connectivity index (χ1v) is 9.61. The SMILES string of the molecule is O=C(COC(=O)c1cccc2c1C(=O)c1ccccc1C2=O)c1ccc(Cl)cc1Cl. The molecule has 0 saturated carbocycles. The molecule has 3 aromatic rings. The van der Waals surface area contributed by atoms with Crippen molar-refractivity contribution in [3.8, 4) is 0 Å². The summed E-state index contributed by atoms with van der Waals surface area (Å²) < 4.78 is 5.12. The fraction of sp³-hybridized carbons (Fsp3) is 0.0435. The second-order valence-corrected chi connectivity index (χ2v) is 7.40. The fourth-order valence-electron chi connectivity index (χ4n) is 3.32. The van der Waals surface area contributed by atoms with Gasteiger partial charge in [0.2, 0.25) is 5.78 Å². The maximum absolute atomic E-state index is 13.0. The van der Waals surface area contributed by atoms with Crippen molar-refractivity contribution in [3.05, 3.63) is 104 Å². The Bertz CT molecular complexity index is 1250. The van der Waals surface area contributed by atoms with E-state index in [-0.39, 0.29) is 44.2 Å². The fourth-order valence-corrected chi connectivity index (χ4v) is 3.83. The molecular formula is C23H12Cl2O5. The van der Waals surface area contributed by atoms with Gasteiger partial charge in [0.1, 0.15) is 0 Å². The predicted octanol–water partition coefficient (Wildman–Crippen LogP) is 4.81. The molecule has 0 aromatic heterocycles. The number of carbonyl (C=O) groups is 4. The van der Waals surface area contributed by atoms with Gasteiger partial charge in [0.25, 0.3) is 0 Å². The van der Waals surface area contributed by atoms with Gasteiger partial charge in [0.15, 0.2) is 18.2 Å².